The van der Waals surface area contributed by atoms with Gasteiger partial charge in [0.25, 0.3) is 0 Å². The van der Waals surface area contributed by atoms with Gasteiger partial charge in [0, 0.05) is 45.5 Å². The van der Waals surface area contributed by atoms with E-state index < -0.39 is 0 Å². The third kappa shape index (κ3) is 4.59. The summed E-state index contributed by atoms with van der Waals surface area (Å²) in [6.45, 7) is 4.20. The number of methoxy groups -OCH3 is 1. The number of nitrogens with one attached hydrogen (secondary N) is 1. The highest BCUT2D eigenvalue weighted by atomic mass is 16.5. The number of nitrogens with zero attached hydrogens (tertiary/aromatic N) is 3. The van der Waals surface area contributed by atoms with Crippen molar-refractivity contribution in [3.63, 3.8) is 0 Å². The minimum atomic E-state index is -0.154. The number of piperidine rings is 1. The number of carbonyl (C=O) groups is 1. The fourth-order valence-electron chi connectivity index (χ4n) is 3.96. The lowest BCUT2D eigenvalue weighted by molar-refractivity contribution is -0.128. The molecule has 0 radical (unpaired) electrons. The van der Waals surface area contributed by atoms with Crippen LogP contribution in [0.15, 0.2) is 12.3 Å². The van der Waals surface area contributed by atoms with Crippen molar-refractivity contribution in [3.05, 3.63) is 18.0 Å². The van der Waals surface area contributed by atoms with Crippen molar-refractivity contribution < 1.29 is 14.3 Å². The number of likely N-dealkylation sites (tertiary alicyclic amines) is 1. The van der Waals surface area contributed by atoms with Crippen molar-refractivity contribution in [1.29, 1.82) is 0 Å². The molecule has 1 amide bonds. The summed E-state index contributed by atoms with van der Waals surface area (Å²) in [4.78, 5) is 15.3. The minimum Gasteiger partial charge on any atom is -0.382 e. The number of hydrogen-bond acceptors (Lipinski definition) is 5. The molecule has 2 aliphatic heterocycles. The quantitative estimate of drug-likeness (QED) is 0.833. The SMILES string of the molecule is COCC(NC(=O)C1CCN(C2CCOCC2)CC1)c1ccnn1C. The third-order valence-corrected chi connectivity index (χ3v) is 5.47. The number of aromatic nitrogens is 2. The summed E-state index contributed by atoms with van der Waals surface area (Å²) in [5.74, 6) is 0.221. The molecule has 1 atom stereocenters. The zero-order valence-corrected chi connectivity index (χ0v) is 15.3. The average molecular weight is 350 g/mol. The predicted molar refractivity (Wildman–Crippen MR) is 94.1 cm³/mol. The van der Waals surface area contributed by atoms with E-state index in [-0.39, 0.29) is 17.9 Å². The Morgan fingerprint density at radius 1 is 1.36 bits per heavy atom. The van der Waals surface area contributed by atoms with Gasteiger partial charge in [-0.15, -0.1) is 0 Å². The van der Waals surface area contributed by atoms with Crippen LogP contribution in [-0.2, 0) is 21.3 Å². The van der Waals surface area contributed by atoms with Crippen molar-refractivity contribution in [2.75, 3.05) is 40.0 Å². The molecule has 1 aromatic heterocycles. The van der Waals surface area contributed by atoms with E-state index in [1.165, 1.54) is 0 Å². The molecule has 0 saturated carbocycles. The van der Waals surface area contributed by atoms with Gasteiger partial charge in [-0.25, -0.2) is 0 Å². The van der Waals surface area contributed by atoms with E-state index in [4.69, 9.17) is 9.47 Å². The lowest BCUT2D eigenvalue weighted by Gasteiger charge is -2.39. The van der Waals surface area contributed by atoms with Crippen LogP contribution < -0.4 is 5.32 Å². The van der Waals surface area contributed by atoms with Gasteiger partial charge in [-0.05, 0) is 44.8 Å². The van der Waals surface area contributed by atoms with E-state index in [0.29, 0.717) is 12.6 Å². The summed E-state index contributed by atoms with van der Waals surface area (Å²) in [5.41, 5.74) is 0.967. The minimum absolute atomic E-state index is 0.0867. The topological polar surface area (TPSA) is 68.6 Å². The highest BCUT2D eigenvalue weighted by Gasteiger charge is 2.30. The summed E-state index contributed by atoms with van der Waals surface area (Å²) in [5, 5.41) is 7.36. The molecule has 140 valence electrons. The predicted octanol–water partition coefficient (Wildman–Crippen LogP) is 1.11. The fraction of sp³-hybridized carbons (Fsp3) is 0.778. The summed E-state index contributed by atoms with van der Waals surface area (Å²) in [6.07, 6.45) is 5.83. The van der Waals surface area contributed by atoms with Gasteiger partial charge < -0.3 is 19.7 Å². The second kappa shape index (κ2) is 8.78. The highest BCUT2D eigenvalue weighted by Crippen LogP contribution is 2.24. The molecule has 0 aromatic carbocycles. The number of rotatable bonds is 6. The Labute approximate surface area is 149 Å². The van der Waals surface area contributed by atoms with Crippen molar-refractivity contribution in [3.8, 4) is 0 Å². The molecule has 1 N–H and O–H groups in total. The van der Waals surface area contributed by atoms with Crippen LogP contribution in [0.2, 0.25) is 0 Å². The lowest BCUT2D eigenvalue weighted by atomic mass is 9.93. The standard InChI is InChI=1S/C18H30N4O3/c1-21-17(3-8-19-21)16(13-24-2)20-18(23)14-4-9-22(10-5-14)15-6-11-25-12-7-15/h3,8,14-16H,4-7,9-13H2,1-2H3,(H,20,23). The number of carbonyl (C=O) groups excluding carboxylic acids is 1. The molecule has 3 rings (SSSR count). The van der Waals surface area contributed by atoms with Crippen molar-refractivity contribution in [2.45, 2.75) is 37.8 Å². The molecule has 1 aromatic rings. The number of aryl methyl sites for hydroxylation is 1. The normalized spacial score (nSPS) is 22.0. The molecule has 2 aliphatic rings. The first-order chi connectivity index (χ1) is 12.2. The molecular weight excluding hydrogens is 320 g/mol. The zero-order chi connectivity index (χ0) is 17.6. The second-order valence-electron chi connectivity index (χ2n) is 7.05. The van der Waals surface area contributed by atoms with Gasteiger partial charge in [-0.1, -0.05) is 0 Å². The molecule has 0 spiro atoms. The van der Waals surface area contributed by atoms with Crippen molar-refractivity contribution >= 4 is 5.91 Å². The Morgan fingerprint density at radius 3 is 2.68 bits per heavy atom. The zero-order valence-electron chi connectivity index (χ0n) is 15.3. The molecule has 0 aliphatic carbocycles. The molecule has 2 saturated heterocycles. The average Bonchev–Trinajstić information content (AvgIpc) is 3.08. The summed E-state index contributed by atoms with van der Waals surface area (Å²) < 4.78 is 12.5. The molecule has 2 fully saturated rings. The van der Waals surface area contributed by atoms with Gasteiger partial charge in [-0.3, -0.25) is 9.48 Å². The Bertz CT molecular complexity index is 548. The molecule has 25 heavy (non-hydrogen) atoms. The Kier molecular flexibility index (Phi) is 6.45. The van der Waals surface area contributed by atoms with Crippen LogP contribution in [0.25, 0.3) is 0 Å². The van der Waals surface area contributed by atoms with Crippen LogP contribution >= 0.6 is 0 Å². The van der Waals surface area contributed by atoms with Crippen molar-refractivity contribution in [1.82, 2.24) is 20.0 Å². The summed E-state index contributed by atoms with van der Waals surface area (Å²) >= 11 is 0. The first-order valence-corrected chi connectivity index (χ1v) is 9.28. The van der Waals surface area contributed by atoms with Gasteiger partial charge in [0.05, 0.1) is 18.3 Å². The van der Waals surface area contributed by atoms with E-state index in [2.05, 4.69) is 15.3 Å². The van der Waals surface area contributed by atoms with Crippen LogP contribution in [0.3, 0.4) is 0 Å². The molecule has 7 heteroatoms. The van der Waals surface area contributed by atoms with Crippen LogP contribution in [0.5, 0.6) is 0 Å². The largest absolute Gasteiger partial charge is 0.382 e. The maximum absolute atomic E-state index is 12.7. The Hall–Kier alpha value is -1.44. The molecular formula is C18H30N4O3. The van der Waals surface area contributed by atoms with E-state index in [1.807, 2.05) is 13.1 Å². The van der Waals surface area contributed by atoms with Gasteiger partial charge in [-0.2, -0.15) is 5.10 Å². The van der Waals surface area contributed by atoms with Gasteiger partial charge in [0.2, 0.25) is 5.91 Å². The highest BCUT2D eigenvalue weighted by molar-refractivity contribution is 5.79. The van der Waals surface area contributed by atoms with E-state index >= 15 is 0 Å². The van der Waals surface area contributed by atoms with E-state index in [0.717, 1.165) is 57.7 Å². The Balaban J connectivity index is 1.52. The third-order valence-electron chi connectivity index (χ3n) is 5.47. The second-order valence-corrected chi connectivity index (χ2v) is 7.05. The lowest BCUT2D eigenvalue weighted by Crippen LogP contribution is -2.47. The number of amides is 1. The van der Waals surface area contributed by atoms with Crippen LogP contribution in [0.4, 0.5) is 0 Å². The van der Waals surface area contributed by atoms with Crippen molar-refractivity contribution in [2.24, 2.45) is 13.0 Å². The van der Waals surface area contributed by atoms with E-state index in [1.54, 1.807) is 18.0 Å². The summed E-state index contributed by atoms with van der Waals surface area (Å²) in [7, 11) is 3.54. The molecule has 0 bridgehead atoms. The smallest absolute Gasteiger partial charge is 0.223 e. The maximum atomic E-state index is 12.7. The van der Waals surface area contributed by atoms with Crippen LogP contribution in [0, 0.1) is 5.92 Å². The Morgan fingerprint density at radius 2 is 2.08 bits per heavy atom. The van der Waals surface area contributed by atoms with Crippen LogP contribution in [-0.4, -0.2) is 66.6 Å². The van der Waals surface area contributed by atoms with Gasteiger partial charge in [0.15, 0.2) is 0 Å². The van der Waals surface area contributed by atoms with Gasteiger partial charge >= 0.3 is 0 Å². The first-order valence-electron chi connectivity index (χ1n) is 9.28. The first kappa shape index (κ1) is 18.4. The number of ether oxygens (including phenoxy) is 2. The van der Waals surface area contributed by atoms with Crippen LogP contribution in [0.1, 0.15) is 37.4 Å². The molecule has 3 heterocycles. The maximum Gasteiger partial charge on any atom is 0.223 e. The molecule has 1 unspecified atom stereocenters. The number of hydrogen-bond donors (Lipinski definition) is 1. The monoisotopic (exact) mass is 350 g/mol. The van der Waals surface area contributed by atoms with E-state index in [9.17, 15) is 4.79 Å². The molecule has 7 nitrogen and oxygen atoms in total. The fourth-order valence-corrected chi connectivity index (χ4v) is 3.96. The summed E-state index contributed by atoms with van der Waals surface area (Å²) in [6, 6.07) is 2.41. The van der Waals surface area contributed by atoms with Gasteiger partial charge in [0.1, 0.15) is 0 Å².